The molecule has 0 heterocycles. The van der Waals surface area contributed by atoms with E-state index in [9.17, 15) is 9.59 Å². The summed E-state index contributed by atoms with van der Waals surface area (Å²) in [7, 11) is 6.23. The molecule has 52 heavy (non-hydrogen) atoms. The minimum Gasteiger partial charge on any atom is -0.497 e. The van der Waals surface area contributed by atoms with Gasteiger partial charge in [0.15, 0.2) is 23.1 Å². The highest BCUT2D eigenvalue weighted by Crippen LogP contribution is 2.28. The molecule has 8 nitrogen and oxygen atoms in total. The third kappa shape index (κ3) is 12.7. The van der Waals surface area contributed by atoms with Crippen LogP contribution in [0.1, 0.15) is 83.2 Å². The van der Waals surface area contributed by atoms with Gasteiger partial charge >= 0.3 is 0 Å². The lowest BCUT2D eigenvalue weighted by atomic mass is 10.1. The molecule has 0 aliphatic carbocycles. The number of methoxy groups -OCH3 is 4. The van der Waals surface area contributed by atoms with E-state index in [2.05, 4.69) is 0 Å². The Morgan fingerprint density at radius 3 is 1.44 bits per heavy atom. The molecular formula is C44H50O8. The van der Waals surface area contributed by atoms with Gasteiger partial charge in [-0.25, -0.2) is 0 Å². The molecule has 0 bridgehead atoms. The summed E-state index contributed by atoms with van der Waals surface area (Å²) in [5.41, 5.74) is 2.86. The molecule has 0 fully saturated rings. The summed E-state index contributed by atoms with van der Waals surface area (Å²) in [6.07, 6.45) is 15.9. The molecule has 0 unspecified atom stereocenters. The average molecular weight is 707 g/mol. The van der Waals surface area contributed by atoms with Gasteiger partial charge in [0.2, 0.25) is 0 Å². The van der Waals surface area contributed by atoms with Crippen LogP contribution in [-0.4, -0.2) is 53.2 Å². The summed E-state index contributed by atoms with van der Waals surface area (Å²) >= 11 is 0. The van der Waals surface area contributed by atoms with Crippen molar-refractivity contribution in [1.82, 2.24) is 0 Å². The van der Waals surface area contributed by atoms with E-state index < -0.39 is 0 Å². The number of carbonyl (C=O) groups is 2. The fourth-order valence-corrected chi connectivity index (χ4v) is 5.52. The predicted molar refractivity (Wildman–Crippen MR) is 207 cm³/mol. The molecule has 0 amide bonds. The maximum Gasteiger partial charge on any atom is 0.189 e. The van der Waals surface area contributed by atoms with Gasteiger partial charge in [-0.3, -0.25) is 9.59 Å². The standard InChI is InChI=1S/C44H50O8/c1-47-38-24-25-39(43(32-38)49-3)41(46)27-18-34-15-22-37(23-16-34)52-30-12-10-8-6-5-7-9-11-29-51-36-20-13-33(14-21-36)17-26-40(45)35-19-28-42(48-2)44(31-35)50-4/h13-28,31-32H,5-12,29-30H2,1-4H3/b26-17+,27-18-. The molecular weight excluding hydrogens is 656 g/mol. The second kappa shape index (κ2) is 21.7. The molecule has 0 spiro atoms. The topological polar surface area (TPSA) is 89.5 Å². The molecule has 0 aromatic heterocycles. The molecule has 4 aromatic rings. The zero-order valence-electron chi connectivity index (χ0n) is 30.7. The van der Waals surface area contributed by atoms with Gasteiger partial charge in [0.1, 0.15) is 23.0 Å². The van der Waals surface area contributed by atoms with Crippen molar-refractivity contribution in [1.29, 1.82) is 0 Å². The Labute approximate surface area is 308 Å². The van der Waals surface area contributed by atoms with E-state index in [1.165, 1.54) is 32.8 Å². The van der Waals surface area contributed by atoms with E-state index in [0.29, 0.717) is 47.3 Å². The third-order valence-electron chi connectivity index (χ3n) is 8.53. The highest BCUT2D eigenvalue weighted by molar-refractivity contribution is 6.09. The van der Waals surface area contributed by atoms with E-state index in [0.717, 1.165) is 48.3 Å². The molecule has 0 atom stereocenters. The fourth-order valence-electron chi connectivity index (χ4n) is 5.52. The maximum atomic E-state index is 12.7. The van der Waals surface area contributed by atoms with Gasteiger partial charge in [0.25, 0.3) is 0 Å². The number of allylic oxidation sites excluding steroid dienone is 2. The molecule has 0 saturated heterocycles. The molecule has 0 N–H and O–H groups in total. The first-order chi connectivity index (χ1) is 25.4. The minimum absolute atomic E-state index is 0.108. The Kier molecular flexibility index (Phi) is 16.4. The second-order valence-electron chi connectivity index (χ2n) is 12.2. The summed E-state index contributed by atoms with van der Waals surface area (Å²) in [6.45, 7) is 1.38. The first-order valence-corrected chi connectivity index (χ1v) is 17.8. The van der Waals surface area contributed by atoms with Crippen LogP contribution in [-0.2, 0) is 0 Å². The monoisotopic (exact) mass is 706 g/mol. The van der Waals surface area contributed by atoms with Crippen LogP contribution >= 0.6 is 0 Å². The van der Waals surface area contributed by atoms with Crippen LogP contribution in [0.3, 0.4) is 0 Å². The van der Waals surface area contributed by atoms with Crippen molar-refractivity contribution in [2.75, 3.05) is 41.7 Å². The van der Waals surface area contributed by atoms with Crippen molar-refractivity contribution in [2.24, 2.45) is 0 Å². The molecule has 0 aliphatic heterocycles. The van der Waals surface area contributed by atoms with Crippen molar-refractivity contribution in [3.63, 3.8) is 0 Å². The summed E-state index contributed by atoms with van der Waals surface area (Å²) in [4.78, 5) is 25.3. The first kappa shape index (κ1) is 39.3. The summed E-state index contributed by atoms with van der Waals surface area (Å²) in [5, 5.41) is 0. The summed E-state index contributed by atoms with van der Waals surface area (Å²) < 4.78 is 32.9. The largest absolute Gasteiger partial charge is 0.497 e. The summed E-state index contributed by atoms with van der Waals surface area (Å²) in [5.74, 6) is 3.64. The van der Waals surface area contributed by atoms with Crippen molar-refractivity contribution < 1.29 is 38.0 Å². The van der Waals surface area contributed by atoms with Gasteiger partial charge in [-0.15, -0.1) is 0 Å². The number of ketones is 2. The van der Waals surface area contributed by atoms with Crippen LogP contribution in [0.25, 0.3) is 12.2 Å². The van der Waals surface area contributed by atoms with E-state index in [1.807, 2.05) is 48.5 Å². The van der Waals surface area contributed by atoms with Crippen LogP contribution < -0.4 is 28.4 Å². The van der Waals surface area contributed by atoms with Gasteiger partial charge in [-0.2, -0.15) is 0 Å². The maximum absolute atomic E-state index is 12.7. The molecule has 0 radical (unpaired) electrons. The lowest BCUT2D eigenvalue weighted by Gasteiger charge is -2.08. The molecule has 0 saturated carbocycles. The Balaban J connectivity index is 1.01. The lowest BCUT2D eigenvalue weighted by Crippen LogP contribution is -1.99. The number of ether oxygens (including phenoxy) is 6. The van der Waals surface area contributed by atoms with E-state index in [1.54, 1.807) is 82.0 Å². The highest BCUT2D eigenvalue weighted by atomic mass is 16.5. The van der Waals surface area contributed by atoms with Crippen LogP contribution in [0.4, 0.5) is 0 Å². The Bertz CT molecular complexity index is 1760. The quantitative estimate of drug-likeness (QED) is 0.0428. The van der Waals surface area contributed by atoms with Crippen LogP contribution in [0.2, 0.25) is 0 Å². The van der Waals surface area contributed by atoms with Gasteiger partial charge in [0, 0.05) is 11.6 Å². The highest BCUT2D eigenvalue weighted by Gasteiger charge is 2.11. The van der Waals surface area contributed by atoms with Crippen molar-refractivity contribution >= 4 is 23.7 Å². The minimum atomic E-state index is -0.137. The Hall–Kier alpha value is -5.50. The van der Waals surface area contributed by atoms with Gasteiger partial charge in [-0.05, 0) is 90.7 Å². The summed E-state index contributed by atoms with van der Waals surface area (Å²) in [6, 6.07) is 25.8. The van der Waals surface area contributed by atoms with Crippen molar-refractivity contribution in [3.8, 4) is 34.5 Å². The average Bonchev–Trinajstić information content (AvgIpc) is 3.19. The Morgan fingerprint density at radius 2 is 0.942 bits per heavy atom. The number of hydrogen-bond donors (Lipinski definition) is 0. The van der Waals surface area contributed by atoms with Gasteiger partial charge in [-0.1, -0.05) is 74.9 Å². The zero-order chi connectivity index (χ0) is 37.0. The molecule has 0 aliphatic rings. The first-order valence-electron chi connectivity index (χ1n) is 17.8. The van der Waals surface area contributed by atoms with Crippen LogP contribution in [0, 0.1) is 0 Å². The predicted octanol–water partition coefficient (Wildman–Crippen LogP) is 10.1. The lowest BCUT2D eigenvalue weighted by molar-refractivity contribution is 0.103. The Morgan fingerprint density at radius 1 is 0.462 bits per heavy atom. The third-order valence-corrected chi connectivity index (χ3v) is 8.53. The molecule has 8 heteroatoms. The number of rotatable bonds is 23. The van der Waals surface area contributed by atoms with E-state index in [4.69, 9.17) is 28.4 Å². The number of carbonyl (C=O) groups excluding carboxylic acids is 2. The number of unbranched alkanes of at least 4 members (excludes halogenated alkanes) is 7. The fraction of sp³-hybridized carbons (Fsp3) is 0.318. The smallest absolute Gasteiger partial charge is 0.189 e. The van der Waals surface area contributed by atoms with Gasteiger partial charge in [0.05, 0.1) is 47.2 Å². The SMILES string of the molecule is COc1ccc(C(=O)/C=C\c2ccc(OCCCCCCCCCCOc3ccc(/C=C/C(=O)c4ccc(OC)c(OC)c4)cc3)cc2)c(OC)c1. The van der Waals surface area contributed by atoms with Crippen molar-refractivity contribution in [3.05, 3.63) is 119 Å². The molecule has 274 valence electrons. The zero-order valence-corrected chi connectivity index (χ0v) is 30.7. The number of hydrogen-bond acceptors (Lipinski definition) is 8. The van der Waals surface area contributed by atoms with Crippen LogP contribution in [0.15, 0.2) is 97.1 Å². The van der Waals surface area contributed by atoms with E-state index in [-0.39, 0.29) is 11.6 Å². The van der Waals surface area contributed by atoms with Crippen LogP contribution in [0.5, 0.6) is 34.5 Å². The van der Waals surface area contributed by atoms with Gasteiger partial charge < -0.3 is 28.4 Å². The second-order valence-corrected chi connectivity index (χ2v) is 12.2. The molecule has 4 aromatic carbocycles. The van der Waals surface area contributed by atoms with Crippen molar-refractivity contribution in [2.45, 2.75) is 51.4 Å². The van der Waals surface area contributed by atoms with E-state index >= 15 is 0 Å². The normalized spacial score (nSPS) is 11.1. The number of benzene rings is 4. The molecule has 4 rings (SSSR count).